The Kier molecular flexibility index (Phi) is 6.61. The SMILES string of the molecule is C=C(C)C(=O)OC(N)(CC(C)C)C(C)CC(C)C. The molecule has 0 amide bonds. The summed E-state index contributed by atoms with van der Waals surface area (Å²) in [6.45, 7) is 15.8. The molecule has 0 aliphatic carbocycles. The van der Waals surface area contributed by atoms with E-state index in [4.69, 9.17) is 10.5 Å². The normalized spacial score (nSPS) is 16.5. The highest BCUT2D eigenvalue weighted by Gasteiger charge is 2.37. The Hall–Kier alpha value is -0.830. The van der Waals surface area contributed by atoms with Gasteiger partial charge in [-0.1, -0.05) is 41.2 Å². The van der Waals surface area contributed by atoms with Crippen LogP contribution in [0.1, 0.15) is 54.4 Å². The van der Waals surface area contributed by atoms with Gasteiger partial charge in [-0.2, -0.15) is 0 Å². The van der Waals surface area contributed by atoms with Gasteiger partial charge in [0, 0.05) is 17.9 Å². The summed E-state index contributed by atoms with van der Waals surface area (Å²) in [7, 11) is 0. The summed E-state index contributed by atoms with van der Waals surface area (Å²) in [4.78, 5) is 11.7. The summed E-state index contributed by atoms with van der Waals surface area (Å²) in [6, 6.07) is 0. The van der Waals surface area contributed by atoms with Gasteiger partial charge in [-0.05, 0) is 25.2 Å². The van der Waals surface area contributed by atoms with E-state index in [1.54, 1.807) is 6.92 Å². The van der Waals surface area contributed by atoms with E-state index in [0.29, 0.717) is 23.8 Å². The molecule has 0 saturated carbocycles. The first kappa shape index (κ1) is 17.2. The number of nitrogens with two attached hydrogens (primary N) is 1. The zero-order chi connectivity index (χ0) is 14.5. The van der Waals surface area contributed by atoms with Gasteiger partial charge in [-0.15, -0.1) is 0 Å². The number of ether oxygens (including phenoxy) is 1. The summed E-state index contributed by atoms with van der Waals surface area (Å²) in [5.74, 6) is 0.637. The second-order valence-corrected chi connectivity index (χ2v) is 6.25. The van der Waals surface area contributed by atoms with Gasteiger partial charge < -0.3 is 4.74 Å². The molecule has 0 spiro atoms. The molecule has 3 heteroatoms. The summed E-state index contributed by atoms with van der Waals surface area (Å²) in [5, 5.41) is 0. The molecule has 0 aromatic rings. The average Bonchev–Trinajstić information content (AvgIpc) is 2.14. The number of rotatable bonds is 7. The molecule has 0 fully saturated rings. The lowest BCUT2D eigenvalue weighted by atomic mass is 9.84. The molecule has 18 heavy (non-hydrogen) atoms. The molecule has 0 aromatic carbocycles. The largest absolute Gasteiger partial charge is 0.441 e. The Morgan fingerprint density at radius 1 is 1.22 bits per heavy atom. The van der Waals surface area contributed by atoms with Crippen LogP contribution in [0.5, 0.6) is 0 Å². The maximum absolute atomic E-state index is 11.7. The first-order chi connectivity index (χ1) is 8.08. The number of hydrogen-bond acceptors (Lipinski definition) is 3. The molecule has 2 unspecified atom stereocenters. The number of hydrogen-bond donors (Lipinski definition) is 1. The standard InChI is InChI=1S/C15H29NO2/c1-10(2)8-13(7)15(16,9-11(3)4)18-14(17)12(5)6/h10-11,13H,5,8-9,16H2,1-4,6-7H3. The fourth-order valence-corrected chi connectivity index (χ4v) is 2.15. The minimum Gasteiger partial charge on any atom is -0.441 e. The second-order valence-electron chi connectivity index (χ2n) is 6.25. The van der Waals surface area contributed by atoms with Crippen molar-refractivity contribution >= 4 is 5.97 Å². The van der Waals surface area contributed by atoms with Crippen LogP contribution in [-0.4, -0.2) is 11.7 Å². The highest BCUT2D eigenvalue weighted by atomic mass is 16.6. The summed E-state index contributed by atoms with van der Waals surface area (Å²) >= 11 is 0. The molecular weight excluding hydrogens is 226 g/mol. The van der Waals surface area contributed by atoms with Crippen LogP contribution in [0.2, 0.25) is 0 Å². The molecule has 0 rings (SSSR count). The van der Waals surface area contributed by atoms with Crippen molar-refractivity contribution < 1.29 is 9.53 Å². The molecule has 2 atom stereocenters. The van der Waals surface area contributed by atoms with E-state index in [1.165, 1.54) is 0 Å². The minimum absolute atomic E-state index is 0.128. The second kappa shape index (κ2) is 6.93. The van der Waals surface area contributed by atoms with Gasteiger partial charge in [0.15, 0.2) is 5.72 Å². The van der Waals surface area contributed by atoms with Crippen molar-refractivity contribution in [1.29, 1.82) is 0 Å². The highest BCUT2D eigenvalue weighted by Crippen LogP contribution is 2.30. The molecular formula is C15H29NO2. The third kappa shape index (κ3) is 5.67. The van der Waals surface area contributed by atoms with Crippen LogP contribution in [0.3, 0.4) is 0 Å². The van der Waals surface area contributed by atoms with Crippen LogP contribution in [0.25, 0.3) is 0 Å². The molecule has 2 N–H and O–H groups in total. The van der Waals surface area contributed by atoms with E-state index in [-0.39, 0.29) is 5.92 Å². The van der Waals surface area contributed by atoms with Crippen LogP contribution in [-0.2, 0) is 9.53 Å². The van der Waals surface area contributed by atoms with Crippen LogP contribution in [0.4, 0.5) is 0 Å². The average molecular weight is 255 g/mol. The molecule has 0 heterocycles. The van der Waals surface area contributed by atoms with E-state index >= 15 is 0 Å². The van der Waals surface area contributed by atoms with E-state index in [1.807, 2.05) is 6.92 Å². The Labute approximate surface area is 112 Å². The van der Waals surface area contributed by atoms with Gasteiger partial charge >= 0.3 is 5.97 Å². The predicted octanol–water partition coefficient (Wildman–Crippen LogP) is 3.49. The summed E-state index contributed by atoms with van der Waals surface area (Å²) in [5.41, 5.74) is 5.84. The lowest BCUT2D eigenvalue weighted by Gasteiger charge is -2.37. The fraction of sp³-hybridized carbons (Fsp3) is 0.800. The van der Waals surface area contributed by atoms with Crippen LogP contribution in [0, 0.1) is 17.8 Å². The third-order valence-corrected chi connectivity index (χ3v) is 3.02. The molecule has 0 bridgehead atoms. The van der Waals surface area contributed by atoms with Crippen LogP contribution < -0.4 is 5.73 Å². The van der Waals surface area contributed by atoms with Crippen molar-refractivity contribution in [1.82, 2.24) is 0 Å². The van der Waals surface area contributed by atoms with Crippen molar-refractivity contribution in [2.75, 3.05) is 0 Å². The molecule has 0 aliphatic rings. The van der Waals surface area contributed by atoms with Gasteiger partial charge in [-0.25, -0.2) is 4.79 Å². The quantitative estimate of drug-likeness (QED) is 0.430. The fourth-order valence-electron chi connectivity index (χ4n) is 2.15. The van der Waals surface area contributed by atoms with Crippen LogP contribution in [0.15, 0.2) is 12.2 Å². The van der Waals surface area contributed by atoms with Gasteiger partial charge in [0.25, 0.3) is 0 Å². The monoisotopic (exact) mass is 255 g/mol. The first-order valence-electron chi connectivity index (χ1n) is 6.76. The van der Waals surface area contributed by atoms with Gasteiger partial charge in [-0.3, -0.25) is 5.73 Å². The van der Waals surface area contributed by atoms with Gasteiger partial charge in [0.05, 0.1) is 0 Å². The Balaban J connectivity index is 4.92. The molecule has 0 aromatic heterocycles. The third-order valence-electron chi connectivity index (χ3n) is 3.02. The Morgan fingerprint density at radius 3 is 2.06 bits per heavy atom. The van der Waals surface area contributed by atoms with Crippen LogP contribution >= 0.6 is 0 Å². The molecule has 0 radical (unpaired) electrons. The lowest BCUT2D eigenvalue weighted by Crippen LogP contribution is -2.51. The van der Waals surface area contributed by atoms with Crippen molar-refractivity contribution in [2.24, 2.45) is 23.5 Å². The van der Waals surface area contributed by atoms with Crippen molar-refractivity contribution in [3.05, 3.63) is 12.2 Å². The van der Waals surface area contributed by atoms with Gasteiger partial charge in [0.1, 0.15) is 0 Å². The smallest absolute Gasteiger partial charge is 0.334 e. The lowest BCUT2D eigenvalue weighted by molar-refractivity contribution is -0.163. The first-order valence-corrected chi connectivity index (χ1v) is 6.76. The number of carbonyl (C=O) groups excluding carboxylic acids is 1. The zero-order valence-electron chi connectivity index (χ0n) is 12.7. The van der Waals surface area contributed by atoms with Gasteiger partial charge in [0.2, 0.25) is 0 Å². The Bertz CT molecular complexity index is 297. The van der Waals surface area contributed by atoms with E-state index in [9.17, 15) is 4.79 Å². The van der Waals surface area contributed by atoms with E-state index in [0.717, 1.165) is 6.42 Å². The van der Waals surface area contributed by atoms with Crippen molar-refractivity contribution in [3.8, 4) is 0 Å². The summed E-state index contributed by atoms with van der Waals surface area (Å²) in [6.07, 6.45) is 1.60. The molecule has 0 aliphatic heterocycles. The topological polar surface area (TPSA) is 52.3 Å². The maximum atomic E-state index is 11.7. The van der Waals surface area contributed by atoms with Crippen molar-refractivity contribution in [2.45, 2.75) is 60.1 Å². The molecule has 3 nitrogen and oxygen atoms in total. The Morgan fingerprint density at radius 2 is 1.72 bits per heavy atom. The maximum Gasteiger partial charge on any atom is 0.334 e. The van der Waals surface area contributed by atoms with Crippen molar-refractivity contribution in [3.63, 3.8) is 0 Å². The van der Waals surface area contributed by atoms with E-state index < -0.39 is 11.7 Å². The zero-order valence-corrected chi connectivity index (χ0v) is 12.7. The molecule has 106 valence electrons. The predicted molar refractivity (Wildman–Crippen MR) is 75.9 cm³/mol. The van der Waals surface area contributed by atoms with E-state index in [2.05, 4.69) is 34.3 Å². The highest BCUT2D eigenvalue weighted by molar-refractivity contribution is 5.87. The number of esters is 1. The summed E-state index contributed by atoms with van der Waals surface area (Å²) < 4.78 is 5.51. The number of carbonyl (C=O) groups is 1. The molecule has 0 saturated heterocycles. The minimum atomic E-state index is -0.894.